The molecule has 0 spiro atoms. The highest BCUT2D eigenvalue weighted by molar-refractivity contribution is 5.29. The number of nitrogens with two attached hydrogens (primary N) is 1. The summed E-state index contributed by atoms with van der Waals surface area (Å²) < 4.78 is 5.46. The summed E-state index contributed by atoms with van der Waals surface area (Å²) in [6.45, 7) is 4.41. The zero-order valence-electron chi connectivity index (χ0n) is 11.9. The van der Waals surface area contributed by atoms with Crippen LogP contribution in [-0.4, -0.2) is 19.7 Å². The first-order valence-corrected chi connectivity index (χ1v) is 7.49. The Balaban J connectivity index is 1.81. The summed E-state index contributed by atoms with van der Waals surface area (Å²) in [7, 11) is 0. The molecule has 3 nitrogen and oxygen atoms in total. The molecule has 1 aliphatic carbocycles. The number of nitrogens with one attached hydrogen (secondary N) is 1. The van der Waals surface area contributed by atoms with Gasteiger partial charge in [-0.05, 0) is 43.5 Å². The Morgan fingerprint density at radius 1 is 1.32 bits per heavy atom. The second-order valence-corrected chi connectivity index (χ2v) is 5.33. The molecule has 1 fully saturated rings. The van der Waals surface area contributed by atoms with E-state index in [1.54, 1.807) is 0 Å². The van der Waals surface area contributed by atoms with Crippen LogP contribution in [-0.2, 0) is 0 Å². The van der Waals surface area contributed by atoms with Crippen molar-refractivity contribution >= 4 is 0 Å². The van der Waals surface area contributed by atoms with Crippen molar-refractivity contribution < 1.29 is 4.74 Å². The summed E-state index contributed by atoms with van der Waals surface area (Å²) in [4.78, 5) is 0. The van der Waals surface area contributed by atoms with Crippen LogP contribution in [0.4, 0.5) is 0 Å². The molecule has 1 aromatic rings. The van der Waals surface area contributed by atoms with Crippen LogP contribution in [0.15, 0.2) is 24.3 Å². The van der Waals surface area contributed by atoms with E-state index >= 15 is 0 Å². The fourth-order valence-corrected chi connectivity index (χ4v) is 2.54. The lowest BCUT2D eigenvalue weighted by atomic mass is 9.83. The van der Waals surface area contributed by atoms with Crippen molar-refractivity contribution in [3.05, 3.63) is 29.8 Å². The zero-order chi connectivity index (χ0) is 13.5. The lowest BCUT2D eigenvalue weighted by Gasteiger charge is -2.26. The van der Waals surface area contributed by atoms with Gasteiger partial charge in [0, 0.05) is 12.6 Å². The summed E-state index contributed by atoms with van der Waals surface area (Å²) in [6, 6.07) is 8.53. The monoisotopic (exact) mass is 262 g/mol. The Bertz CT molecular complexity index is 360. The standard InChI is InChI=1S/C16H26N2O/c1-2-19-15-8-6-14(7-9-15)16(12-17)18-11-10-13-4-3-5-13/h6-9,13,16,18H,2-5,10-12,17H2,1H3. The Hall–Kier alpha value is -1.06. The average Bonchev–Trinajstić information content (AvgIpc) is 2.38. The molecule has 0 saturated heterocycles. The largest absolute Gasteiger partial charge is 0.494 e. The first-order valence-electron chi connectivity index (χ1n) is 7.49. The molecule has 2 rings (SSSR count). The van der Waals surface area contributed by atoms with Gasteiger partial charge in [0.2, 0.25) is 0 Å². The van der Waals surface area contributed by atoms with E-state index < -0.39 is 0 Å². The number of rotatable bonds is 8. The van der Waals surface area contributed by atoms with Crippen molar-refractivity contribution in [1.82, 2.24) is 5.32 Å². The summed E-state index contributed by atoms with van der Waals surface area (Å²) >= 11 is 0. The first kappa shape index (κ1) is 14.4. The smallest absolute Gasteiger partial charge is 0.119 e. The molecule has 0 bridgehead atoms. The molecule has 19 heavy (non-hydrogen) atoms. The first-order chi connectivity index (χ1) is 9.33. The molecule has 0 aliphatic heterocycles. The molecular weight excluding hydrogens is 236 g/mol. The summed E-state index contributed by atoms with van der Waals surface area (Å²) in [6.07, 6.45) is 5.54. The maximum Gasteiger partial charge on any atom is 0.119 e. The third-order valence-electron chi connectivity index (χ3n) is 4.00. The Morgan fingerprint density at radius 3 is 2.58 bits per heavy atom. The average molecular weight is 262 g/mol. The van der Waals surface area contributed by atoms with Gasteiger partial charge < -0.3 is 15.8 Å². The lowest BCUT2D eigenvalue weighted by molar-refractivity contribution is 0.288. The molecule has 1 atom stereocenters. The summed E-state index contributed by atoms with van der Waals surface area (Å²) in [5.41, 5.74) is 7.12. The number of benzene rings is 1. The third kappa shape index (κ3) is 4.22. The van der Waals surface area contributed by atoms with Gasteiger partial charge in [0.25, 0.3) is 0 Å². The molecule has 1 unspecified atom stereocenters. The van der Waals surface area contributed by atoms with Crippen molar-refractivity contribution in [3.8, 4) is 5.75 Å². The van der Waals surface area contributed by atoms with Gasteiger partial charge in [-0.15, -0.1) is 0 Å². The van der Waals surface area contributed by atoms with E-state index in [9.17, 15) is 0 Å². The van der Waals surface area contributed by atoms with Gasteiger partial charge in [0.1, 0.15) is 5.75 Å². The lowest BCUT2D eigenvalue weighted by Crippen LogP contribution is -2.30. The van der Waals surface area contributed by atoms with Crippen molar-refractivity contribution in [2.75, 3.05) is 19.7 Å². The minimum atomic E-state index is 0.260. The van der Waals surface area contributed by atoms with Gasteiger partial charge in [0.15, 0.2) is 0 Å². The maximum atomic E-state index is 5.87. The highest BCUT2D eigenvalue weighted by atomic mass is 16.5. The van der Waals surface area contributed by atoms with Crippen molar-refractivity contribution in [1.29, 1.82) is 0 Å². The van der Waals surface area contributed by atoms with Crippen LogP contribution in [0.5, 0.6) is 5.75 Å². The molecule has 0 amide bonds. The maximum absolute atomic E-state index is 5.87. The van der Waals surface area contributed by atoms with E-state index in [0.29, 0.717) is 13.2 Å². The van der Waals surface area contributed by atoms with Gasteiger partial charge >= 0.3 is 0 Å². The fraction of sp³-hybridized carbons (Fsp3) is 0.625. The second-order valence-electron chi connectivity index (χ2n) is 5.33. The molecule has 1 aliphatic rings. The SMILES string of the molecule is CCOc1ccc(C(CN)NCCC2CCC2)cc1. The number of ether oxygens (including phenoxy) is 1. The van der Waals surface area contributed by atoms with E-state index in [4.69, 9.17) is 10.5 Å². The number of hydrogen-bond donors (Lipinski definition) is 2. The van der Waals surface area contributed by atoms with Crippen LogP contribution < -0.4 is 15.8 Å². The highest BCUT2D eigenvalue weighted by Crippen LogP contribution is 2.29. The Morgan fingerprint density at radius 2 is 2.05 bits per heavy atom. The Kier molecular flexibility index (Phi) is 5.67. The van der Waals surface area contributed by atoms with Crippen molar-refractivity contribution in [2.45, 2.75) is 38.6 Å². The molecule has 0 aromatic heterocycles. The van der Waals surface area contributed by atoms with Gasteiger partial charge in [-0.3, -0.25) is 0 Å². The van der Waals surface area contributed by atoms with E-state index in [1.165, 1.54) is 31.2 Å². The van der Waals surface area contributed by atoms with E-state index in [-0.39, 0.29) is 6.04 Å². The summed E-state index contributed by atoms with van der Waals surface area (Å²) in [5, 5.41) is 3.57. The van der Waals surface area contributed by atoms with E-state index in [1.807, 2.05) is 19.1 Å². The van der Waals surface area contributed by atoms with Crippen molar-refractivity contribution in [3.63, 3.8) is 0 Å². The van der Waals surface area contributed by atoms with Crippen LogP contribution in [0, 0.1) is 5.92 Å². The van der Waals surface area contributed by atoms with Gasteiger partial charge in [-0.1, -0.05) is 31.4 Å². The second kappa shape index (κ2) is 7.51. The summed E-state index contributed by atoms with van der Waals surface area (Å²) in [5.74, 6) is 1.88. The van der Waals surface area contributed by atoms with E-state index in [0.717, 1.165) is 18.2 Å². The minimum absolute atomic E-state index is 0.260. The quantitative estimate of drug-likeness (QED) is 0.757. The minimum Gasteiger partial charge on any atom is -0.494 e. The predicted molar refractivity (Wildman–Crippen MR) is 79.4 cm³/mol. The molecule has 3 heteroatoms. The van der Waals surface area contributed by atoms with Gasteiger partial charge in [-0.25, -0.2) is 0 Å². The fourth-order valence-electron chi connectivity index (χ4n) is 2.54. The molecular formula is C16H26N2O. The third-order valence-corrected chi connectivity index (χ3v) is 4.00. The molecule has 106 valence electrons. The number of hydrogen-bond acceptors (Lipinski definition) is 3. The topological polar surface area (TPSA) is 47.3 Å². The molecule has 0 heterocycles. The van der Waals surface area contributed by atoms with Crippen LogP contribution in [0.2, 0.25) is 0 Å². The van der Waals surface area contributed by atoms with Crippen molar-refractivity contribution in [2.24, 2.45) is 11.7 Å². The molecule has 0 radical (unpaired) electrons. The van der Waals surface area contributed by atoms with Crippen LogP contribution >= 0.6 is 0 Å². The Labute approximate surface area is 116 Å². The zero-order valence-corrected chi connectivity index (χ0v) is 11.9. The molecule has 1 aromatic carbocycles. The van der Waals surface area contributed by atoms with E-state index in [2.05, 4.69) is 17.4 Å². The molecule has 1 saturated carbocycles. The highest BCUT2D eigenvalue weighted by Gasteiger charge is 2.17. The van der Waals surface area contributed by atoms with Gasteiger partial charge in [0.05, 0.1) is 6.61 Å². The van der Waals surface area contributed by atoms with Crippen LogP contribution in [0.1, 0.15) is 44.2 Å². The molecule has 3 N–H and O–H groups in total. The van der Waals surface area contributed by atoms with Gasteiger partial charge in [-0.2, -0.15) is 0 Å². The van der Waals surface area contributed by atoms with Crippen LogP contribution in [0.3, 0.4) is 0 Å². The predicted octanol–water partition coefficient (Wildman–Crippen LogP) is 2.86. The van der Waals surface area contributed by atoms with Crippen LogP contribution in [0.25, 0.3) is 0 Å². The normalized spacial score (nSPS) is 16.9.